The number of hydrogen-bond acceptors (Lipinski definition) is 3. The van der Waals surface area contributed by atoms with E-state index in [1.165, 1.54) is 0 Å². The molecule has 5 heteroatoms. The van der Waals surface area contributed by atoms with Crippen LogP contribution in [0.3, 0.4) is 0 Å². The molecule has 2 aromatic carbocycles. The molecule has 0 saturated carbocycles. The number of benzene rings is 2. The number of hydrogen-bond donors (Lipinski definition) is 1. The zero-order valence-electron chi connectivity index (χ0n) is 12.7. The molecule has 0 amide bonds. The van der Waals surface area contributed by atoms with Crippen molar-refractivity contribution in [3.63, 3.8) is 0 Å². The van der Waals surface area contributed by atoms with Gasteiger partial charge in [0.05, 0.1) is 6.10 Å². The fourth-order valence-corrected chi connectivity index (χ4v) is 3.00. The summed E-state index contributed by atoms with van der Waals surface area (Å²) in [7, 11) is 1.01. The van der Waals surface area contributed by atoms with Crippen LogP contribution in [0, 0.1) is 0 Å². The van der Waals surface area contributed by atoms with Crippen molar-refractivity contribution in [1.82, 2.24) is 4.90 Å². The summed E-state index contributed by atoms with van der Waals surface area (Å²) in [5.74, 6) is 0. The Labute approximate surface area is 139 Å². The van der Waals surface area contributed by atoms with Crippen LogP contribution in [0.2, 0.25) is 5.02 Å². The van der Waals surface area contributed by atoms with Crippen LogP contribution in [0.15, 0.2) is 53.4 Å². The van der Waals surface area contributed by atoms with Crippen LogP contribution in [-0.4, -0.2) is 34.1 Å². The highest BCUT2D eigenvalue weighted by Gasteiger charge is 2.11. The highest BCUT2D eigenvalue weighted by molar-refractivity contribution is 7.84. The molecule has 2 rings (SSSR count). The molecule has 0 aliphatic heterocycles. The number of rotatable bonds is 6. The van der Waals surface area contributed by atoms with Gasteiger partial charge in [-0.15, -0.1) is 0 Å². The lowest BCUT2D eigenvalue weighted by molar-refractivity contribution is 0.124. The molecule has 22 heavy (non-hydrogen) atoms. The van der Waals surface area contributed by atoms with Crippen molar-refractivity contribution in [1.29, 1.82) is 0 Å². The Hall–Kier alpha value is -1.20. The molecule has 1 N–H and O–H groups in total. The van der Waals surface area contributed by atoms with Gasteiger partial charge in [-0.3, -0.25) is 9.11 Å². The van der Waals surface area contributed by atoms with Crippen LogP contribution in [0.5, 0.6) is 0 Å². The van der Waals surface area contributed by atoms with Gasteiger partial charge in [-0.2, -0.15) is 0 Å². The zero-order chi connectivity index (χ0) is 16.1. The summed E-state index contributed by atoms with van der Waals surface area (Å²) >= 11 is 5.95. The highest BCUT2D eigenvalue weighted by atomic mass is 35.5. The minimum absolute atomic E-state index is 0.516. The van der Waals surface area contributed by atoms with E-state index >= 15 is 0 Å². The zero-order valence-corrected chi connectivity index (χ0v) is 14.3. The standard InChI is InChI=1S/C17H20ClNO2S/c1-19(11-13-6-8-16(9-7-13)22(2)21)12-17(20)14-4-3-5-15(18)10-14/h3-10,17,20H,11-12H2,1-2H3. The maximum absolute atomic E-state index is 11.4. The van der Waals surface area contributed by atoms with Gasteiger partial charge in [-0.25, -0.2) is 0 Å². The quantitative estimate of drug-likeness (QED) is 0.879. The van der Waals surface area contributed by atoms with E-state index in [0.29, 0.717) is 18.1 Å². The van der Waals surface area contributed by atoms with E-state index in [4.69, 9.17) is 11.6 Å². The first-order valence-corrected chi connectivity index (χ1v) is 8.94. The second-order valence-corrected chi connectivity index (χ2v) is 7.18. The lowest BCUT2D eigenvalue weighted by atomic mass is 10.1. The van der Waals surface area contributed by atoms with Crippen LogP contribution < -0.4 is 0 Å². The van der Waals surface area contributed by atoms with Crippen molar-refractivity contribution in [2.24, 2.45) is 0 Å². The summed E-state index contributed by atoms with van der Waals surface area (Å²) in [5.41, 5.74) is 1.94. The Balaban J connectivity index is 1.94. The molecule has 2 atom stereocenters. The number of nitrogens with zero attached hydrogens (tertiary/aromatic N) is 1. The summed E-state index contributed by atoms with van der Waals surface area (Å²) in [5, 5.41) is 10.9. The summed E-state index contributed by atoms with van der Waals surface area (Å²) in [4.78, 5) is 2.87. The van der Waals surface area contributed by atoms with E-state index in [1.54, 1.807) is 18.4 Å². The average Bonchev–Trinajstić information content (AvgIpc) is 2.47. The van der Waals surface area contributed by atoms with E-state index in [0.717, 1.165) is 16.0 Å². The average molecular weight is 338 g/mol. The fraction of sp³-hybridized carbons (Fsp3) is 0.294. The third-order valence-corrected chi connectivity index (χ3v) is 4.60. The predicted octanol–water partition coefficient (Wildman–Crippen LogP) is 3.24. The van der Waals surface area contributed by atoms with Crippen molar-refractivity contribution >= 4 is 22.4 Å². The minimum Gasteiger partial charge on any atom is -0.387 e. The van der Waals surface area contributed by atoms with Crippen LogP contribution in [0.25, 0.3) is 0 Å². The summed E-state index contributed by atoms with van der Waals surface area (Å²) < 4.78 is 11.4. The van der Waals surface area contributed by atoms with Gasteiger partial charge in [-0.1, -0.05) is 35.9 Å². The van der Waals surface area contributed by atoms with Gasteiger partial charge in [-0.05, 0) is 42.4 Å². The van der Waals surface area contributed by atoms with Gasteiger partial charge < -0.3 is 5.11 Å². The van der Waals surface area contributed by atoms with Gasteiger partial charge >= 0.3 is 0 Å². The molecule has 0 spiro atoms. The van der Waals surface area contributed by atoms with E-state index in [2.05, 4.69) is 0 Å². The predicted molar refractivity (Wildman–Crippen MR) is 91.5 cm³/mol. The Bertz CT molecular complexity index is 645. The van der Waals surface area contributed by atoms with E-state index in [-0.39, 0.29) is 0 Å². The van der Waals surface area contributed by atoms with Crippen LogP contribution in [0.4, 0.5) is 0 Å². The number of likely N-dealkylation sites (N-methyl/N-ethyl adjacent to an activating group) is 1. The molecule has 0 heterocycles. The van der Waals surface area contributed by atoms with E-state index in [1.807, 2.05) is 48.3 Å². The Kier molecular flexibility index (Phi) is 6.15. The van der Waals surface area contributed by atoms with Crippen molar-refractivity contribution < 1.29 is 9.32 Å². The van der Waals surface area contributed by atoms with Gasteiger partial charge in [0.25, 0.3) is 0 Å². The summed E-state index contributed by atoms with van der Waals surface area (Å²) in [6, 6.07) is 15.0. The Morgan fingerprint density at radius 1 is 1.23 bits per heavy atom. The third-order valence-electron chi connectivity index (χ3n) is 3.43. The summed E-state index contributed by atoms with van der Waals surface area (Å²) in [6.07, 6.45) is 1.09. The second-order valence-electron chi connectivity index (χ2n) is 5.37. The molecule has 0 aromatic heterocycles. The number of aliphatic hydroxyl groups excluding tert-OH is 1. The van der Waals surface area contributed by atoms with E-state index in [9.17, 15) is 9.32 Å². The first kappa shape index (κ1) is 17.2. The minimum atomic E-state index is -0.952. The Morgan fingerprint density at radius 2 is 1.91 bits per heavy atom. The van der Waals surface area contributed by atoms with Crippen molar-refractivity contribution in [3.05, 3.63) is 64.7 Å². The smallest absolute Gasteiger partial charge is 0.0917 e. The van der Waals surface area contributed by atoms with Gasteiger partial charge in [0.1, 0.15) is 0 Å². The first-order valence-electron chi connectivity index (χ1n) is 7.00. The van der Waals surface area contributed by atoms with Gasteiger partial charge in [0.15, 0.2) is 0 Å². The summed E-state index contributed by atoms with van der Waals surface area (Å²) in [6.45, 7) is 1.23. The molecular formula is C17H20ClNO2S. The molecule has 0 aliphatic carbocycles. The van der Waals surface area contributed by atoms with Gasteiger partial charge in [0, 0.05) is 40.1 Å². The second kappa shape index (κ2) is 7.88. The fourth-order valence-electron chi connectivity index (χ4n) is 2.28. The normalized spacial score (nSPS) is 14.0. The number of halogens is 1. The molecule has 3 nitrogen and oxygen atoms in total. The lowest BCUT2D eigenvalue weighted by Crippen LogP contribution is -2.24. The molecule has 0 radical (unpaired) electrons. The van der Waals surface area contributed by atoms with Crippen molar-refractivity contribution in [3.8, 4) is 0 Å². The Morgan fingerprint density at radius 3 is 2.50 bits per heavy atom. The van der Waals surface area contributed by atoms with Crippen molar-refractivity contribution in [2.75, 3.05) is 19.8 Å². The molecular weight excluding hydrogens is 318 g/mol. The van der Waals surface area contributed by atoms with Crippen LogP contribution >= 0.6 is 11.6 Å². The molecule has 118 valence electrons. The third kappa shape index (κ3) is 4.92. The van der Waals surface area contributed by atoms with E-state index < -0.39 is 16.9 Å². The van der Waals surface area contributed by atoms with Crippen molar-refractivity contribution in [2.45, 2.75) is 17.5 Å². The number of aliphatic hydroxyl groups is 1. The maximum Gasteiger partial charge on any atom is 0.0917 e. The largest absolute Gasteiger partial charge is 0.387 e. The van der Waals surface area contributed by atoms with Gasteiger partial charge in [0.2, 0.25) is 0 Å². The molecule has 0 aliphatic rings. The first-order chi connectivity index (χ1) is 10.5. The maximum atomic E-state index is 11.4. The lowest BCUT2D eigenvalue weighted by Gasteiger charge is -2.21. The monoisotopic (exact) mass is 337 g/mol. The molecule has 2 unspecified atom stereocenters. The molecule has 0 saturated heterocycles. The SMILES string of the molecule is CN(Cc1ccc(S(C)=O)cc1)CC(O)c1cccc(Cl)c1. The molecule has 0 fully saturated rings. The highest BCUT2D eigenvalue weighted by Crippen LogP contribution is 2.19. The van der Waals surface area contributed by atoms with Crippen LogP contribution in [-0.2, 0) is 17.3 Å². The molecule has 2 aromatic rings. The van der Waals surface area contributed by atoms with Crippen LogP contribution in [0.1, 0.15) is 17.2 Å². The topological polar surface area (TPSA) is 40.5 Å². The molecule has 0 bridgehead atoms.